The molecule has 10 rings (SSSR count). The Kier molecular flexibility index (Phi) is 5.31. The van der Waals surface area contributed by atoms with Gasteiger partial charge in [0.1, 0.15) is 11.2 Å². The third-order valence-corrected chi connectivity index (χ3v) is 9.57. The highest BCUT2D eigenvalue weighted by Gasteiger charge is 2.17. The van der Waals surface area contributed by atoms with Crippen molar-refractivity contribution in [2.45, 2.75) is 0 Å². The van der Waals surface area contributed by atoms with E-state index in [0.717, 1.165) is 21.9 Å². The van der Waals surface area contributed by atoms with Crippen molar-refractivity contribution in [3.05, 3.63) is 164 Å². The molecule has 10 aromatic rings. The molecule has 0 aliphatic heterocycles. The standard InChI is InChI=1S/C44H27NO/c1-2-13-33-32(10-1)27-42(35-15-4-3-14-34(33)35)45-40-18-7-5-16-36(40)38-25-30(20-22-41(38)45)28-11-9-12-29(24-28)31-21-23-44-39(26-31)37-17-6-8-19-43(37)46-44/h1-27H. The lowest BCUT2D eigenvalue weighted by Gasteiger charge is -2.14. The minimum Gasteiger partial charge on any atom is -0.456 e. The van der Waals surface area contributed by atoms with Gasteiger partial charge in [0.25, 0.3) is 0 Å². The summed E-state index contributed by atoms with van der Waals surface area (Å²) in [6.45, 7) is 0. The van der Waals surface area contributed by atoms with Crippen molar-refractivity contribution >= 4 is 65.3 Å². The van der Waals surface area contributed by atoms with Crippen LogP contribution in [0.3, 0.4) is 0 Å². The van der Waals surface area contributed by atoms with Gasteiger partial charge in [-0.25, -0.2) is 0 Å². The molecule has 2 heteroatoms. The van der Waals surface area contributed by atoms with Crippen molar-refractivity contribution in [2.75, 3.05) is 0 Å². The second-order valence-corrected chi connectivity index (χ2v) is 12.1. The molecule has 0 spiro atoms. The van der Waals surface area contributed by atoms with Gasteiger partial charge in [0, 0.05) is 26.9 Å². The van der Waals surface area contributed by atoms with E-state index in [2.05, 4.69) is 156 Å². The largest absolute Gasteiger partial charge is 0.456 e. The molecule has 0 bridgehead atoms. The summed E-state index contributed by atoms with van der Waals surface area (Å²) in [6.07, 6.45) is 0. The molecular weight excluding hydrogens is 558 g/mol. The van der Waals surface area contributed by atoms with Gasteiger partial charge in [-0.3, -0.25) is 0 Å². The molecule has 214 valence electrons. The highest BCUT2D eigenvalue weighted by atomic mass is 16.3. The van der Waals surface area contributed by atoms with E-state index in [1.165, 1.54) is 71.3 Å². The Morgan fingerprint density at radius 1 is 0.326 bits per heavy atom. The minimum atomic E-state index is 0.919. The number of fused-ring (bicyclic) bond motifs is 9. The Morgan fingerprint density at radius 3 is 1.76 bits per heavy atom. The molecule has 46 heavy (non-hydrogen) atoms. The summed E-state index contributed by atoms with van der Waals surface area (Å²) in [5, 5.41) is 9.86. The number of para-hydroxylation sites is 2. The first kappa shape index (κ1) is 25.2. The van der Waals surface area contributed by atoms with Crippen LogP contribution in [0.2, 0.25) is 0 Å². The Labute approximate surface area is 265 Å². The third-order valence-electron chi connectivity index (χ3n) is 9.57. The van der Waals surface area contributed by atoms with Crippen LogP contribution < -0.4 is 0 Å². The van der Waals surface area contributed by atoms with Gasteiger partial charge in [-0.05, 0) is 86.9 Å². The molecule has 0 atom stereocenters. The molecule has 0 radical (unpaired) electrons. The SMILES string of the molecule is c1cc(-c2ccc3oc4ccccc4c3c2)cc(-c2ccc3c(c2)c2ccccc2n3-c2cc3ccccc3c3ccccc23)c1. The normalized spacial score (nSPS) is 11.9. The predicted octanol–water partition coefficient (Wildman–Crippen LogP) is 12.3. The lowest BCUT2D eigenvalue weighted by molar-refractivity contribution is 0.669. The summed E-state index contributed by atoms with van der Waals surface area (Å²) in [7, 11) is 0. The molecular formula is C44H27NO. The number of hydrogen-bond donors (Lipinski definition) is 0. The number of aromatic nitrogens is 1. The molecule has 8 aromatic carbocycles. The first-order valence-corrected chi connectivity index (χ1v) is 15.8. The van der Waals surface area contributed by atoms with Crippen molar-refractivity contribution in [2.24, 2.45) is 0 Å². The van der Waals surface area contributed by atoms with E-state index < -0.39 is 0 Å². The molecule has 2 heterocycles. The Hall–Kier alpha value is -6.12. The molecule has 0 saturated carbocycles. The molecule has 2 nitrogen and oxygen atoms in total. The van der Waals surface area contributed by atoms with Crippen molar-refractivity contribution in [3.63, 3.8) is 0 Å². The van der Waals surface area contributed by atoms with Crippen LogP contribution in [0.1, 0.15) is 0 Å². The highest BCUT2D eigenvalue weighted by molar-refractivity contribution is 6.15. The predicted molar refractivity (Wildman–Crippen MR) is 194 cm³/mol. The van der Waals surface area contributed by atoms with Crippen LogP contribution in [-0.4, -0.2) is 4.57 Å². The fourth-order valence-corrected chi connectivity index (χ4v) is 7.42. The van der Waals surface area contributed by atoms with E-state index in [1.807, 2.05) is 12.1 Å². The zero-order chi connectivity index (χ0) is 30.2. The molecule has 0 aliphatic carbocycles. The first-order valence-electron chi connectivity index (χ1n) is 15.8. The van der Waals surface area contributed by atoms with Gasteiger partial charge in [-0.2, -0.15) is 0 Å². The lowest BCUT2D eigenvalue weighted by Crippen LogP contribution is -1.96. The maximum Gasteiger partial charge on any atom is 0.135 e. The Balaban J connectivity index is 1.15. The zero-order valence-corrected chi connectivity index (χ0v) is 24.9. The number of rotatable bonds is 3. The average Bonchev–Trinajstić information content (AvgIpc) is 3.66. The summed E-state index contributed by atoms with van der Waals surface area (Å²) in [4.78, 5) is 0. The summed E-state index contributed by atoms with van der Waals surface area (Å²) in [6, 6.07) is 59.2. The van der Waals surface area contributed by atoms with Crippen LogP contribution in [0.4, 0.5) is 0 Å². The van der Waals surface area contributed by atoms with E-state index in [0.29, 0.717) is 0 Å². The van der Waals surface area contributed by atoms with Gasteiger partial charge in [-0.1, -0.05) is 115 Å². The fraction of sp³-hybridized carbons (Fsp3) is 0. The number of benzene rings is 8. The molecule has 0 N–H and O–H groups in total. The van der Waals surface area contributed by atoms with E-state index in [-0.39, 0.29) is 0 Å². The second-order valence-electron chi connectivity index (χ2n) is 12.1. The molecule has 0 saturated heterocycles. The van der Waals surface area contributed by atoms with Crippen LogP contribution in [-0.2, 0) is 0 Å². The Bertz CT molecular complexity index is 2810. The van der Waals surface area contributed by atoms with Crippen LogP contribution in [0.15, 0.2) is 168 Å². The fourth-order valence-electron chi connectivity index (χ4n) is 7.42. The van der Waals surface area contributed by atoms with Crippen molar-refractivity contribution in [3.8, 4) is 27.9 Å². The maximum absolute atomic E-state index is 6.09. The summed E-state index contributed by atoms with van der Waals surface area (Å²) >= 11 is 0. The smallest absolute Gasteiger partial charge is 0.135 e. The van der Waals surface area contributed by atoms with Gasteiger partial charge in [0.2, 0.25) is 0 Å². The molecule has 2 aromatic heterocycles. The average molecular weight is 586 g/mol. The topological polar surface area (TPSA) is 18.1 Å². The maximum atomic E-state index is 6.09. The van der Waals surface area contributed by atoms with E-state index in [9.17, 15) is 0 Å². The minimum absolute atomic E-state index is 0.919. The summed E-state index contributed by atoms with van der Waals surface area (Å²) in [5.74, 6) is 0. The van der Waals surface area contributed by atoms with Crippen LogP contribution in [0.25, 0.3) is 93.2 Å². The number of hydrogen-bond acceptors (Lipinski definition) is 1. The summed E-state index contributed by atoms with van der Waals surface area (Å²) < 4.78 is 8.54. The third kappa shape index (κ3) is 3.71. The van der Waals surface area contributed by atoms with E-state index >= 15 is 0 Å². The van der Waals surface area contributed by atoms with Gasteiger partial charge < -0.3 is 8.98 Å². The van der Waals surface area contributed by atoms with Crippen molar-refractivity contribution < 1.29 is 4.42 Å². The van der Waals surface area contributed by atoms with Crippen LogP contribution in [0, 0.1) is 0 Å². The summed E-state index contributed by atoms with van der Waals surface area (Å²) in [5.41, 5.74) is 10.2. The monoisotopic (exact) mass is 585 g/mol. The van der Waals surface area contributed by atoms with Crippen LogP contribution in [0.5, 0.6) is 0 Å². The van der Waals surface area contributed by atoms with Gasteiger partial charge >= 0.3 is 0 Å². The van der Waals surface area contributed by atoms with Crippen molar-refractivity contribution in [1.29, 1.82) is 0 Å². The first-order chi connectivity index (χ1) is 22.8. The van der Waals surface area contributed by atoms with Crippen LogP contribution >= 0.6 is 0 Å². The molecule has 0 fully saturated rings. The molecule has 0 aliphatic rings. The van der Waals surface area contributed by atoms with E-state index in [4.69, 9.17) is 4.42 Å². The van der Waals surface area contributed by atoms with Crippen molar-refractivity contribution in [1.82, 2.24) is 4.57 Å². The van der Waals surface area contributed by atoms with Gasteiger partial charge in [-0.15, -0.1) is 0 Å². The Morgan fingerprint density at radius 2 is 0.913 bits per heavy atom. The van der Waals surface area contributed by atoms with E-state index in [1.54, 1.807) is 0 Å². The number of nitrogens with zero attached hydrogens (tertiary/aromatic N) is 1. The highest BCUT2D eigenvalue weighted by Crippen LogP contribution is 2.40. The quantitative estimate of drug-likeness (QED) is 0.189. The molecule has 0 amide bonds. The van der Waals surface area contributed by atoms with Gasteiger partial charge in [0.05, 0.1) is 16.7 Å². The zero-order valence-electron chi connectivity index (χ0n) is 24.9. The van der Waals surface area contributed by atoms with Gasteiger partial charge in [0.15, 0.2) is 0 Å². The number of furan rings is 1. The second kappa shape index (κ2) is 9.69. The lowest BCUT2D eigenvalue weighted by atomic mass is 9.97. The molecule has 0 unspecified atom stereocenters.